The quantitative estimate of drug-likeness (QED) is 0.0919. The zero-order valence-corrected chi connectivity index (χ0v) is 22.0. The highest BCUT2D eigenvalue weighted by Gasteiger charge is 2.75. The Kier molecular flexibility index (Phi) is 9.50. The van der Waals surface area contributed by atoms with E-state index in [0.717, 1.165) is 12.1 Å². The zero-order valence-electron chi connectivity index (χ0n) is 22.0. The van der Waals surface area contributed by atoms with Crippen molar-refractivity contribution in [2.75, 3.05) is 26.9 Å². The normalized spacial score (nSPS) is 15.1. The van der Waals surface area contributed by atoms with Crippen LogP contribution in [0.4, 0.5) is 35.5 Å². The number of aliphatic imine (C=N–C) groups is 1. The van der Waals surface area contributed by atoms with Crippen molar-refractivity contribution in [3.63, 3.8) is 0 Å². The molecule has 3 rings (SSSR count). The van der Waals surface area contributed by atoms with E-state index in [1.54, 1.807) is 24.3 Å². The molecule has 0 spiro atoms. The fraction of sp³-hybridized carbons (Fsp3) is 0.393. The van der Waals surface area contributed by atoms with Gasteiger partial charge in [0, 0.05) is 24.1 Å². The van der Waals surface area contributed by atoms with Gasteiger partial charge in [0.1, 0.15) is 12.3 Å². The zero-order chi connectivity index (χ0) is 30.6. The lowest BCUT2D eigenvalue weighted by Gasteiger charge is -2.29. The number of benzene rings is 2. The molecule has 1 aliphatic rings. The molecule has 0 amide bonds. The SMILES string of the molecule is C=C(C)C(=O)OCCCCOC(=O)OCC1c2ccccc2-c2cc(C(=NC)C(F)(F)C(F)(F)C(F)(F)F)ccc21. The first-order valence-electron chi connectivity index (χ1n) is 12.3. The maximum absolute atomic E-state index is 14.5. The smallest absolute Gasteiger partial charge is 0.462 e. The lowest BCUT2D eigenvalue weighted by molar-refractivity contribution is -0.336. The van der Waals surface area contributed by atoms with Crippen molar-refractivity contribution in [1.29, 1.82) is 0 Å². The number of ether oxygens (including phenoxy) is 3. The average Bonchev–Trinajstić information content (AvgIpc) is 3.21. The molecule has 1 atom stereocenters. The van der Waals surface area contributed by atoms with Gasteiger partial charge in [-0.15, -0.1) is 0 Å². The number of hydrogen-bond acceptors (Lipinski definition) is 6. The highest BCUT2D eigenvalue weighted by molar-refractivity contribution is 6.07. The molecule has 1 aliphatic carbocycles. The minimum Gasteiger partial charge on any atom is -0.462 e. The van der Waals surface area contributed by atoms with Crippen molar-refractivity contribution in [3.05, 3.63) is 71.3 Å². The average molecular weight is 590 g/mol. The molecule has 6 nitrogen and oxygen atoms in total. The minimum absolute atomic E-state index is 0.0133. The molecule has 0 saturated heterocycles. The van der Waals surface area contributed by atoms with E-state index in [0.29, 0.717) is 36.6 Å². The Labute approximate surface area is 230 Å². The second kappa shape index (κ2) is 12.3. The van der Waals surface area contributed by atoms with Gasteiger partial charge >= 0.3 is 30.1 Å². The molecule has 0 saturated carbocycles. The Morgan fingerprint density at radius 1 is 0.878 bits per heavy atom. The summed E-state index contributed by atoms with van der Waals surface area (Å²) in [5, 5.41) is 0. The van der Waals surface area contributed by atoms with E-state index in [2.05, 4.69) is 11.6 Å². The van der Waals surface area contributed by atoms with Crippen LogP contribution in [0, 0.1) is 0 Å². The Balaban J connectivity index is 1.72. The highest BCUT2D eigenvalue weighted by Crippen LogP contribution is 2.49. The fourth-order valence-electron chi connectivity index (χ4n) is 4.25. The first kappa shape index (κ1) is 31.6. The molecule has 13 heteroatoms. The van der Waals surface area contributed by atoms with E-state index in [4.69, 9.17) is 14.2 Å². The molecule has 0 aromatic heterocycles. The number of carbonyl (C=O) groups is 2. The number of alkyl halides is 7. The Morgan fingerprint density at radius 3 is 2.10 bits per heavy atom. The summed E-state index contributed by atoms with van der Waals surface area (Å²) in [5.41, 5.74) is -0.204. The third-order valence-electron chi connectivity index (χ3n) is 6.31. The van der Waals surface area contributed by atoms with Crippen LogP contribution < -0.4 is 0 Å². The Morgan fingerprint density at radius 2 is 1.49 bits per heavy atom. The number of esters is 1. The molecule has 0 N–H and O–H groups in total. The van der Waals surface area contributed by atoms with Gasteiger partial charge in [-0.3, -0.25) is 4.99 Å². The summed E-state index contributed by atoms with van der Waals surface area (Å²) in [4.78, 5) is 26.5. The number of unbranched alkanes of at least 4 members (excludes halogenated alkanes) is 1. The molecule has 2 aromatic carbocycles. The molecular weight excluding hydrogens is 563 g/mol. The first-order chi connectivity index (χ1) is 19.1. The summed E-state index contributed by atoms with van der Waals surface area (Å²) >= 11 is 0. The lowest BCUT2D eigenvalue weighted by Crippen LogP contribution is -2.56. The standard InChI is InChI=1S/C28H26F7NO5/c1-16(2)24(37)39-12-6-7-13-40-25(38)41-15-22-19-9-5-4-8-18(19)21-14-17(10-11-20(21)22)23(36-3)26(29,30)27(31,32)28(33,34)35/h4-5,8-11,14,22H,1,6-7,12-13,15H2,2-3H3. The molecule has 222 valence electrons. The molecule has 0 radical (unpaired) electrons. The van der Waals surface area contributed by atoms with E-state index in [1.165, 1.54) is 13.0 Å². The van der Waals surface area contributed by atoms with Crippen LogP contribution in [0.25, 0.3) is 11.1 Å². The summed E-state index contributed by atoms with van der Waals surface area (Å²) in [6, 6.07) is 9.93. The predicted molar refractivity (Wildman–Crippen MR) is 134 cm³/mol. The second-order valence-corrected chi connectivity index (χ2v) is 9.19. The van der Waals surface area contributed by atoms with Gasteiger partial charge in [-0.05, 0) is 48.1 Å². The van der Waals surface area contributed by atoms with E-state index < -0.39 is 47.3 Å². The molecule has 0 fully saturated rings. The lowest BCUT2D eigenvalue weighted by atomic mass is 9.93. The molecule has 0 heterocycles. The van der Waals surface area contributed by atoms with Crippen molar-refractivity contribution >= 4 is 17.8 Å². The van der Waals surface area contributed by atoms with Gasteiger partial charge < -0.3 is 14.2 Å². The summed E-state index contributed by atoms with van der Waals surface area (Å²) in [5.74, 6) is -13.1. The van der Waals surface area contributed by atoms with Crippen molar-refractivity contribution in [2.24, 2.45) is 4.99 Å². The Hall–Kier alpha value is -3.90. The van der Waals surface area contributed by atoms with Crippen LogP contribution in [0.3, 0.4) is 0 Å². The molecule has 2 aromatic rings. The van der Waals surface area contributed by atoms with E-state index in [-0.39, 0.29) is 31.0 Å². The summed E-state index contributed by atoms with van der Waals surface area (Å²) < 4.78 is 110. The van der Waals surface area contributed by atoms with Crippen molar-refractivity contribution in [3.8, 4) is 11.1 Å². The maximum Gasteiger partial charge on any atom is 0.508 e. The molecule has 0 aliphatic heterocycles. The third kappa shape index (κ3) is 6.54. The minimum atomic E-state index is -6.51. The van der Waals surface area contributed by atoms with Crippen molar-refractivity contribution in [2.45, 2.75) is 43.7 Å². The van der Waals surface area contributed by atoms with Crippen molar-refractivity contribution in [1.82, 2.24) is 0 Å². The number of nitrogens with zero attached hydrogens (tertiary/aromatic N) is 1. The highest BCUT2D eigenvalue weighted by atomic mass is 19.4. The van der Waals surface area contributed by atoms with Gasteiger partial charge in [0.15, 0.2) is 0 Å². The number of carbonyl (C=O) groups excluding carboxylic acids is 2. The number of rotatable bonds is 11. The van der Waals surface area contributed by atoms with Crippen LogP contribution in [0.2, 0.25) is 0 Å². The topological polar surface area (TPSA) is 74.2 Å². The van der Waals surface area contributed by atoms with E-state index in [1.807, 2.05) is 0 Å². The van der Waals surface area contributed by atoms with Gasteiger partial charge in [0.25, 0.3) is 0 Å². The summed E-state index contributed by atoms with van der Waals surface area (Å²) in [6.07, 6.45) is -6.68. The first-order valence-corrected chi connectivity index (χ1v) is 12.3. The third-order valence-corrected chi connectivity index (χ3v) is 6.31. The largest absolute Gasteiger partial charge is 0.508 e. The van der Waals surface area contributed by atoms with Crippen LogP contribution in [0.5, 0.6) is 0 Å². The molecule has 1 unspecified atom stereocenters. The monoisotopic (exact) mass is 589 g/mol. The van der Waals surface area contributed by atoms with E-state index >= 15 is 0 Å². The fourth-order valence-corrected chi connectivity index (χ4v) is 4.25. The Bertz CT molecular complexity index is 1340. The number of hydrogen-bond donors (Lipinski definition) is 0. The number of fused-ring (bicyclic) bond motifs is 3. The van der Waals surface area contributed by atoms with Crippen LogP contribution in [-0.4, -0.2) is 62.7 Å². The maximum atomic E-state index is 14.5. The molecule has 41 heavy (non-hydrogen) atoms. The van der Waals surface area contributed by atoms with Gasteiger partial charge in [-0.2, -0.15) is 30.7 Å². The van der Waals surface area contributed by atoms with E-state index in [9.17, 15) is 40.3 Å². The van der Waals surface area contributed by atoms with Crippen molar-refractivity contribution < 1.29 is 54.5 Å². The molecular formula is C28H26F7NO5. The van der Waals surface area contributed by atoms with Crippen LogP contribution >= 0.6 is 0 Å². The number of halogens is 7. The van der Waals surface area contributed by atoms with Gasteiger partial charge in [-0.1, -0.05) is 43.0 Å². The van der Waals surface area contributed by atoms with Crippen LogP contribution in [0.1, 0.15) is 42.4 Å². The van der Waals surface area contributed by atoms with Crippen LogP contribution in [-0.2, 0) is 19.0 Å². The predicted octanol–water partition coefficient (Wildman–Crippen LogP) is 7.10. The summed E-state index contributed by atoms with van der Waals surface area (Å²) in [7, 11) is 0.702. The van der Waals surface area contributed by atoms with Gasteiger partial charge in [0.2, 0.25) is 0 Å². The van der Waals surface area contributed by atoms with Gasteiger partial charge in [0.05, 0.1) is 13.2 Å². The summed E-state index contributed by atoms with van der Waals surface area (Å²) in [6.45, 7) is 4.84. The van der Waals surface area contributed by atoms with Gasteiger partial charge in [-0.25, -0.2) is 9.59 Å². The van der Waals surface area contributed by atoms with Crippen LogP contribution in [0.15, 0.2) is 59.6 Å². The second-order valence-electron chi connectivity index (χ2n) is 9.19. The molecule has 0 bridgehead atoms.